The largest absolute Gasteiger partial charge is 0.378 e. The van der Waals surface area contributed by atoms with E-state index in [-0.39, 0.29) is 17.2 Å². The highest BCUT2D eigenvalue weighted by Crippen LogP contribution is 2.28. The first-order valence-electron chi connectivity index (χ1n) is 14.6. The predicted octanol–water partition coefficient (Wildman–Crippen LogP) is 7.20. The monoisotopic (exact) mass is 551 g/mol. The van der Waals surface area contributed by atoms with E-state index in [1.54, 1.807) is 11.8 Å². The minimum Gasteiger partial charge on any atom is -0.378 e. The van der Waals surface area contributed by atoms with Crippen molar-refractivity contribution in [3.8, 4) is 0 Å². The Morgan fingerprint density at radius 3 is 1.89 bits per heavy atom. The molecule has 2 amide bonds. The highest BCUT2D eigenvalue weighted by atomic mass is 32.2. The second kappa shape index (κ2) is 18.0. The SMILES string of the molecule is C=C(CC(C)(C)C)N[C@@H](CC(C)C)C(=O)NC(CCSC)C(=O)NC[C@@H](CC(C)C)C(C)CC(C)C(=C)C. The van der Waals surface area contributed by atoms with Crippen LogP contribution in [0.3, 0.4) is 0 Å². The molecule has 222 valence electrons. The smallest absolute Gasteiger partial charge is 0.243 e. The predicted molar refractivity (Wildman–Crippen MR) is 168 cm³/mol. The van der Waals surface area contributed by atoms with Crippen LogP contribution < -0.4 is 16.0 Å². The molecule has 0 saturated heterocycles. The van der Waals surface area contributed by atoms with Crippen molar-refractivity contribution in [3.63, 3.8) is 0 Å². The van der Waals surface area contributed by atoms with Crippen molar-refractivity contribution in [1.29, 1.82) is 0 Å². The zero-order valence-corrected chi connectivity index (χ0v) is 27.4. The van der Waals surface area contributed by atoms with Gasteiger partial charge in [0.05, 0.1) is 0 Å². The van der Waals surface area contributed by atoms with Crippen LogP contribution in [0.15, 0.2) is 24.4 Å². The molecule has 0 radical (unpaired) electrons. The van der Waals surface area contributed by atoms with Crippen LogP contribution in [0.25, 0.3) is 0 Å². The topological polar surface area (TPSA) is 70.2 Å². The molecular formula is C32H61N3O2S. The summed E-state index contributed by atoms with van der Waals surface area (Å²) in [5.41, 5.74) is 2.15. The summed E-state index contributed by atoms with van der Waals surface area (Å²) in [6, 6.07) is -0.960. The average molecular weight is 552 g/mol. The Balaban J connectivity index is 5.49. The number of nitrogens with one attached hydrogen (secondary N) is 3. The maximum atomic E-state index is 13.4. The summed E-state index contributed by atoms with van der Waals surface area (Å²) in [5, 5.41) is 9.67. The molecule has 0 fully saturated rings. The maximum absolute atomic E-state index is 13.4. The lowest BCUT2D eigenvalue weighted by Gasteiger charge is -2.30. The van der Waals surface area contributed by atoms with Crippen LogP contribution in [0.5, 0.6) is 0 Å². The summed E-state index contributed by atoms with van der Waals surface area (Å²) in [7, 11) is 0. The molecule has 5 nitrogen and oxygen atoms in total. The van der Waals surface area contributed by atoms with Crippen LogP contribution in [0.1, 0.15) is 101 Å². The zero-order valence-electron chi connectivity index (χ0n) is 26.6. The highest BCUT2D eigenvalue weighted by molar-refractivity contribution is 7.98. The Bertz CT molecular complexity index is 741. The van der Waals surface area contributed by atoms with Crippen molar-refractivity contribution < 1.29 is 9.59 Å². The van der Waals surface area contributed by atoms with E-state index < -0.39 is 12.1 Å². The first-order chi connectivity index (χ1) is 17.5. The van der Waals surface area contributed by atoms with Gasteiger partial charge in [-0.3, -0.25) is 9.59 Å². The Morgan fingerprint density at radius 1 is 0.842 bits per heavy atom. The molecule has 6 heteroatoms. The number of hydrogen-bond donors (Lipinski definition) is 3. The molecule has 0 aliphatic carbocycles. The van der Waals surface area contributed by atoms with E-state index in [0.717, 1.165) is 30.7 Å². The molecule has 0 aliphatic heterocycles. The van der Waals surface area contributed by atoms with Crippen molar-refractivity contribution in [2.45, 2.75) is 113 Å². The summed E-state index contributed by atoms with van der Waals surface area (Å²) < 4.78 is 0. The fourth-order valence-corrected chi connectivity index (χ4v) is 5.32. The molecule has 5 atom stereocenters. The molecule has 3 N–H and O–H groups in total. The van der Waals surface area contributed by atoms with Crippen LogP contribution in [-0.4, -0.2) is 42.5 Å². The number of allylic oxidation sites excluding steroid dienone is 2. The van der Waals surface area contributed by atoms with Gasteiger partial charge in [-0.05, 0) is 86.0 Å². The number of amides is 2. The molecule has 0 rings (SSSR count). The van der Waals surface area contributed by atoms with Gasteiger partial charge in [-0.2, -0.15) is 11.8 Å². The average Bonchev–Trinajstić information content (AvgIpc) is 2.76. The summed E-state index contributed by atoms with van der Waals surface area (Å²) >= 11 is 1.69. The Kier molecular flexibility index (Phi) is 17.3. The summed E-state index contributed by atoms with van der Waals surface area (Å²) in [4.78, 5) is 26.8. The Labute approximate surface area is 240 Å². The third-order valence-corrected chi connectivity index (χ3v) is 7.72. The lowest BCUT2D eigenvalue weighted by atomic mass is 9.80. The van der Waals surface area contributed by atoms with Gasteiger partial charge >= 0.3 is 0 Å². The molecule has 0 aromatic carbocycles. The second-order valence-corrected chi connectivity index (χ2v) is 14.6. The summed E-state index contributed by atoms with van der Waals surface area (Å²) in [6.07, 6.45) is 6.22. The fourth-order valence-electron chi connectivity index (χ4n) is 4.85. The van der Waals surface area contributed by atoms with Crippen LogP contribution in [-0.2, 0) is 9.59 Å². The lowest BCUT2D eigenvalue weighted by molar-refractivity contribution is -0.130. The van der Waals surface area contributed by atoms with Gasteiger partial charge in [-0.25, -0.2) is 0 Å². The number of carbonyl (C=O) groups excluding carboxylic acids is 2. The first kappa shape index (κ1) is 36.6. The van der Waals surface area contributed by atoms with E-state index in [1.165, 1.54) is 5.57 Å². The van der Waals surface area contributed by atoms with Gasteiger partial charge in [0.2, 0.25) is 11.8 Å². The van der Waals surface area contributed by atoms with Gasteiger partial charge in [-0.15, -0.1) is 0 Å². The minimum atomic E-state index is -0.549. The lowest BCUT2D eigenvalue weighted by Crippen LogP contribution is -2.53. The van der Waals surface area contributed by atoms with Crippen molar-refractivity contribution in [3.05, 3.63) is 24.4 Å². The molecule has 0 aromatic heterocycles. The van der Waals surface area contributed by atoms with Crippen LogP contribution >= 0.6 is 11.8 Å². The number of carbonyl (C=O) groups is 2. The molecule has 0 aromatic rings. The molecule has 38 heavy (non-hydrogen) atoms. The van der Waals surface area contributed by atoms with Gasteiger partial charge in [0.1, 0.15) is 12.1 Å². The van der Waals surface area contributed by atoms with E-state index in [1.807, 2.05) is 6.26 Å². The molecule has 0 saturated carbocycles. The van der Waals surface area contributed by atoms with Crippen LogP contribution in [0, 0.1) is 35.0 Å². The quantitative estimate of drug-likeness (QED) is 0.149. The van der Waals surface area contributed by atoms with Gasteiger partial charge in [0.25, 0.3) is 0 Å². The number of rotatable bonds is 19. The van der Waals surface area contributed by atoms with Crippen molar-refractivity contribution >= 4 is 23.6 Å². The highest BCUT2D eigenvalue weighted by Gasteiger charge is 2.28. The van der Waals surface area contributed by atoms with Crippen molar-refractivity contribution in [1.82, 2.24) is 16.0 Å². The first-order valence-corrected chi connectivity index (χ1v) is 16.0. The van der Waals surface area contributed by atoms with E-state index in [2.05, 4.69) is 98.3 Å². The third-order valence-electron chi connectivity index (χ3n) is 7.07. The Morgan fingerprint density at radius 2 is 1.42 bits per heavy atom. The standard InChI is InChI=1S/C32H61N3O2S/c1-21(2)16-27(25(8)18-24(7)23(5)6)20-33-30(36)28(14-15-38-13)35-31(37)29(17-22(3)4)34-26(9)19-32(10,11)12/h21-22,24-25,27-29,34H,5,9,14-20H2,1-4,6-8,10-13H3,(H,33,36)(H,35,37)/t24?,25?,27-,28?,29+/m1/s1. The van der Waals surface area contributed by atoms with Crippen LogP contribution in [0.2, 0.25) is 0 Å². The number of thioether (sulfide) groups is 1. The van der Waals surface area contributed by atoms with E-state index in [0.29, 0.717) is 49.0 Å². The molecule has 3 unspecified atom stereocenters. The molecule has 0 bridgehead atoms. The molecule has 0 aliphatic rings. The second-order valence-electron chi connectivity index (χ2n) is 13.6. The zero-order chi connectivity index (χ0) is 29.6. The van der Waals surface area contributed by atoms with E-state index in [4.69, 9.17) is 0 Å². The Hall–Kier alpha value is -1.43. The van der Waals surface area contributed by atoms with E-state index >= 15 is 0 Å². The summed E-state index contributed by atoms with van der Waals surface area (Å²) in [6.45, 7) is 30.7. The molecular weight excluding hydrogens is 490 g/mol. The van der Waals surface area contributed by atoms with Gasteiger partial charge in [-0.1, -0.05) is 81.0 Å². The van der Waals surface area contributed by atoms with Crippen LogP contribution in [0.4, 0.5) is 0 Å². The van der Waals surface area contributed by atoms with Gasteiger partial charge in [0.15, 0.2) is 0 Å². The van der Waals surface area contributed by atoms with E-state index in [9.17, 15) is 9.59 Å². The molecule has 0 heterocycles. The van der Waals surface area contributed by atoms with Gasteiger partial charge < -0.3 is 16.0 Å². The third kappa shape index (κ3) is 16.5. The van der Waals surface area contributed by atoms with Crippen molar-refractivity contribution in [2.75, 3.05) is 18.6 Å². The van der Waals surface area contributed by atoms with Crippen molar-refractivity contribution in [2.24, 2.45) is 35.0 Å². The van der Waals surface area contributed by atoms with Gasteiger partial charge in [0, 0.05) is 12.2 Å². The fraction of sp³-hybridized carbons (Fsp3) is 0.812. The molecule has 0 spiro atoms. The number of hydrogen-bond acceptors (Lipinski definition) is 4. The summed E-state index contributed by atoms with van der Waals surface area (Å²) in [5.74, 6) is 2.79. The normalized spacial score (nSPS) is 15.9. The minimum absolute atomic E-state index is 0.0789. The maximum Gasteiger partial charge on any atom is 0.243 e.